The summed E-state index contributed by atoms with van der Waals surface area (Å²) < 4.78 is 11.4. The van der Waals surface area contributed by atoms with Crippen LogP contribution in [-0.4, -0.2) is 71.1 Å². The van der Waals surface area contributed by atoms with Crippen molar-refractivity contribution in [2.45, 2.75) is 6.92 Å². The summed E-state index contributed by atoms with van der Waals surface area (Å²) in [5.74, 6) is 1.80. The fourth-order valence-corrected chi connectivity index (χ4v) is 3.25. The summed E-state index contributed by atoms with van der Waals surface area (Å²) in [5, 5.41) is 0. The highest BCUT2D eigenvalue weighted by Crippen LogP contribution is 2.26. The third-order valence-corrected chi connectivity index (χ3v) is 4.99. The lowest BCUT2D eigenvalue weighted by Crippen LogP contribution is -2.37. The van der Waals surface area contributed by atoms with Gasteiger partial charge in [0.15, 0.2) is 5.82 Å². The van der Waals surface area contributed by atoms with Crippen LogP contribution >= 0.6 is 0 Å². The average Bonchev–Trinajstić information content (AvgIpc) is 2.79. The van der Waals surface area contributed by atoms with Crippen molar-refractivity contribution >= 4 is 17.7 Å². The Labute approximate surface area is 186 Å². The monoisotopic (exact) mass is 435 g/mol. The molecule has 0 spiro atoms. The second kappa shape index (κ2) is 9.15. The highest BCUT2D eigenvalue weighted by atomic mass is 16.5. The molecular weight excluding hydrogens is 410 g/mol. The number of aromatic nitrogens is 4. The third kappa shape index (κ3) is 4.75. The van der Waals surface area contributed by atoms with Crippen molar-refractivity contribution in [1.29, 1.82) is 0 Å². The largest absolute Gasteiger partial charge is 0.424 e. The summed E-state index contributed by atoms with van der Waals surface area (Å²) in [6, 6.07) is 8.90. The number of amides is 1. The second-order valence-electron chi connectivity index (χ2n) is 7.59. The van der Waals surface area contributed by atoms with E-state index in [1.807, 2.05) is 11.8 Å². The van der Waals surface area contributed by atoms with Crippen LogP contribution in [0.3, 0.4) is 0 Å². The van der Waals surface area contributed by atoms with E-state index in [0.29, 0.717) is 60.8 Å². The van der Waals surface area contributed by atoms with Crippen LogP contribution in [0.15, 0.2) is 36.5 Å². The van der Waals surface area contributed by atoms with Gasteiger partial charge < -0.3 is 25.0 Å². The molecule has 0 bridgehead atoms. The Morgan fingerprint density at radius 3 is 2.56 bits per heavy atom. The van der Waals surface area contributed by atoms with Crippen molar-refractivity contribution in [1.82, 2.24) is 24.8 Å². The minimum absolute atomic E-state index is 0.0676. The van der Waals surface area contributed by atoms with Crippen molar-refractivity contribution in [3.8, 4) is 23.1 Å². The van der Waals surface area contributed by atoms with Gasteiger partial charge in [-0.15, -0.1) is 0 Å². The quantitative estimate of drug-likeness (QED) is 0.643. The molecule has 1 aliphatic rings. The number of nitrogen functional groups attached to an aromatic ring is 1. The van der Waals surface area contributed by atoms with E-state index >= 15 is 0 Å². The first-order chi connectivity index (χ1) is 15.4. The smallest absolute Gasteiger partial charge is 0.327 e. The van der Waals surface area contributed by atoms with Crippen molar-refractivity contribution in [2.75, 3.05) is 51.0 Å². The zero-order valence-corrected chi connectivity index (χ0v) is 18.3. The maximum Gasteiger partial charge on any atom is 0.327 e. The van der Waals surface area contributed by atoms with Gasteiger partial charge in [0.05, 0.1) is 13.2 Å². The number of pyridine rings is 1. The predicted molar refractivity (Wildman–Crippen MR) is 120 cm³/mol. The SMILES string of the molecule is Cc1cc(Oc2nc(-c3ccc(N)nc3)nc(N3CCOCC3)n2)ccc1C(=O)N(C)C. The molecule has 3 aromatic rings. The Balaban J connectivity index is 1.68. The molecule has 32 heavy (non-hydrogen) atoms. The Bertz CT molecular complexity index is 1110. The van der Waals surface area contributed by atoms with Crippen LogP contribution < -0.4 is 15.4 Å². The topological polar surface area (TPSA) is 120 Å². The number of hydrogen-bond acceptors (Lipinski definition) is 9. The molecule has 0 radical (unpaired) electrons. The molecular formula is C22H25N7O3. The van der Waals surface area contributed by atoms with Crippen molar-refractivity contribution in [2.24, 2.45) is 0 Å². The molecule has 0 saturated carbocycles. The maximum absolute atomic E-state index is 12.3. The van der Waals surface area contributed by atoms with Gasteiger partial charge in [-0.25, -0.2) is 4.98 Å². The van der Waals surface area contributed by atoms with Crippen LogP contribution in [-0.2, 0) is 4.74 Å². The van der Waals surface area contributed by atoms with Crippen molar-refractivity contribution < 1.29 is 14.3 Å². The fraction of sp³-hybridized carbons (Fsp3) is 0.318. The van der Waals surface area contributed by atoms with Gasteiger partial charge in [-0.3, -0.25) is 4.79 Å². The van der Waals surface area contributed by atoms with Gasteiger partial charge in [0.25, 0.3) is 5.91 Å². The fourth-order valence-electron chi connectivity index (χ4n) is 3.25. The highest BCUT2D eigenvalue weighted by molar-refractivity contribution is 5.95. The molecule has 2 aromatic heterocycles. The number of nitrogens with zero attached hydrogens (tertiary/aromatic N) is 6. The van der Waals surface area contributed by atoms with Crippen molar-refractivity contribution in [3.05, 3.63) is 47.7 Å². The maximum atomic E-state index is 12.3. The summed E-state index contributed by atoms with van der Waals surface area (Å²) in [6.07, 6.45) is 1.61. The third-order valence-electron chi connectivity index (χ3n) is 4.99. The molecule has 2 N–H and O–H groups in total. The molecule has 10 nitrogen and oxygen atoms in total. The van der Waals surface area contributed by atoms with E-state index in [2.05, 4.69) is 19.9 Å². The summed E-state index contributed by atoms with van der Waals surface area (Å²) in [7, 11) is 3.44. The number of aryl methyl sites for hydroxylation is 1. The Morgan fingerprint density at radius 1 is 1.12 bits per heavy atom. The Kier molecular flexibility index (Phi) is 6.13. The Morgan fingerprint density at radius 2 is 1.91 bits per heavy atom. The van der Waals surface area contributed by atoms with E-state index in [0.717, 1.165) is 5.56 Å². The number of benzene rings is 1. The van der Waals surface area contributed by atoms with Gasteiger partial charge in [-0.2, -0.15) is 15.0 Å². The number of ether oxygens (including phenoxy) is 2. The number of morpholine rings is 1. The average molecular weight is 435 g/mol. The van der Waals surface area contributed by atoms with E-state index in [-0.39, 0.29) is 11.9 Å². The summed E-state index contributed by atoms with van der Waals surface area (Å²) >= 11 is 0. The lowest BCUT2D eigenvalue weighted by Gasteiger charge is -2.27. The molecule has 10 heteroatoms. The Hall–Kier alpha value is -3.79. The van der Waals surface area contributed by atoms with Gasteiger partial charge in [-0.05, 0) is 42.8 Å². The first kappa shape index (κ1) is 21.4. The zero-order valence-electron chi connectivity index (χ0n) is 18.3. The summed E-state index contributed by atoms with van der Waals surface area (Å²) in [5.41, 5.74) is 7.82. The number of carbonyl (C=O) groups is 1. The number of rotatable bonds is 5. The lowest BCUT2D eigenvalue weighted by molar-refractivity contribution is 0.0827. The van der Waals surface area contributed by atoms with E-state index in [1.54, 1.807) is 50.6 Å². The molecule has 0 atom stereocenters. The van der Waals surface area contributed by atoms with Crippen LogP contribution in [0, 0.1) is 6.92 Å². The van der Waals surface area contributed by atoms with Crippen LogP contribution in [0.2, 0.25) is 0 Å². The minimum Gasteiger partial charge on any atom is -0.424 e. The first-order valence-electron chi connectivity index (χ1n) is 10.2. The standard InChI is InChI=1S/C22H25N7O3/c1-14-12-16(5-6-17(14)20(30)28(2)3)32-22-26-19(15-4-7-18(23)24-13-15)25-21(27-22)29-8-10-31-11-9-29/h4-7,12-13H,8-11H2,1-3H3,(H2,23,24). The van der Waals surface area contributed by atoms with Crippen LogP contribution in [0.25, 0.3) is 11.4 Å². The van der Waals surface area contributed by atoms with Crippen LogP contribution in [0.4, 0.5) is 11.8 Å². The van der Waals surface area contributed by atoms with E-state index < -0.39 is 0 Å². The highest BCUT2D eigenvalue weighted by Gasteiger charge is 2.19. The van der Waals surface area contributed by atoms with Crippen molar-refractivity contribution in [3.63, 3.8) is 0 Å². The molecule has 0 unspecified atom stereocenters. The molecule has 4 rings (SSSR count). The predicted octanol–water partition coefficient (Wildman–Crippen LogP) is 2.15. The van der Waals surface area contributed by atoms with Gasteiger partial charge in [-0.1, -0.05) is 0 Å². The number of nitrogens with two attached hydrogens (primary N) is 1. The van der Waals surface area contributed by atoms with E-state index in [1.165, 1.54) is 4.90 Å². The molecule has 1 fully saturated rings. The molecule has 1 aliphatic heterocycles. The number of hydrogen-bond donors (Lipinski definition) is 1. The lowest BCUT2D eigenvalue weighted by atomic mass is 10.1. The van der Waals surface area contributed by atoms with Gasteiger partial charge in [0.1, 0.15) is 11.6 Å². The van der Waals surface area contributed by atoms with E-state index in [4.69, 9.17) is 15.2 Å². The van der Waals surface area contributed by atoms with Gasteiger partial charge in [0.2, 0.25) is 5.95 Å². The first-order valence-corrected chi connectivity index (χ1v) is 10.2. The number of anilines is 2. The van der Waals surface area contributed by atoms with Gasteiger partial charge >= 0.3 is 6.01 Å². The molecule has 3 heterocycles. The molecule has 1 saturated heterocycles. The zero-order chi connectivity index (χ0) is 22.7. The molecule has 1 aromatic carbocycles. The number of carbonyl (C=O) groups excluding carboxylic acids is 1. The van der Waals surface area contributed by atoms with Crippen LogP contribution in [0.1, 0.15) is 15.9 Å². The van der Waals surface area contributed by atoms with Gasteiger partial charge in [0, 0.05) is 44.5 Å². The second-order valence-corrected chi connectivity index (χ2v) is 7.59. The summed E-state index contributed by atoms with van der Waals surface area (Å²) in [6.45, 7) is 4.40. The molecule has 166 valence electrons. The van der Waals surface area contributed by atoms with E-state index in [9.17, 15) is 4.79 Å². The molecule has 0 aliphatic carbocycles. The van der Waals surface area contributed by atoms with Crippen LogP contribution in [0.5, 0.6) is 11.8 Å². The molecule has 1 amide bonds. The normalized spacial score (nSPS) is 13.7. The summed E-state index contributed by atoms with van der Waals surface area (Å²) in [4.78, 5) is 33.6. The minimum atomic E-state index is -0.0676.